The van der Waals surface area contributed by atoms with Crippen LogP contribution in [0.25, 0.3) is 0 Å². The van der Waals surface area contributed by atoms with E-state index >= 15 is 0 Å². The van der Waals surface area contributed by atoms with Crippen LogP contribution in [0, 0.1) is 14.4 Å². The van der Waals surface area contributed by atoms with Crippen LogP contribution < -0.4 is 5.32 Å². The summed E-state index contributed by atoms with van der Waals surface area (Å²) in [5.41, 5.74) is 1.33. The van der Waals surface area contributed by atoms with Gasteiger partial charge in [0.1, 0.15) is 0 Å². The van der Waals surface area contributed by atoms with Crippen molar-refractivity contribution in [3.63, 3.8) is 0 Å². The average Bonchev–Trinajstić information content (AvgIpc) is 2.07. The Balaban J connectivity index is 0. The zero-order valence-corrected chi connectivity index (χ0v) is 9.84. The summed E-state index contributed by atoms with van der Waals surface area (Å²) in [6, 6.07) is 10.4. The van der Waals surface area contributed by atoms with E-state index in [1.54, 1.807) is 0 Å². The third-order valence-electron chi connectivity index (χ3n) is 1.53. The van der Waals surface area contributed by atoms with Crippen LogP contribution in [0.2, 0.25) is 0 Å². The van der Waals surface area contributed by atoms with Crippen LogP contribution in [0.4, 0.5) is 0 Å². The second kappa shape index (κ2) is 10.0. The molecule has 0 unspecified atom stereocenters. The van der Waals surface area contributed by atoms with Gasteiger partial charge in [0.15, 0.2) is 0 Å². The maximum absolute atomic E-state index is 3.75. The molecule has 0 spiro atoms. The average molecular weight is 188 g/mol. The first-order valence-electron chi connectivity index (χ1n) is 3.97. The molecule has 0 aliphatic carbocycles. The van der Waals surface area contributed by atoms with Crippen LogP contribution >= 0.6 is 0 Å². The van der Waals surface area contributed by atoms with Gasteiger partial charge in [0.2, 0.25) is 0 Å². The Labute approximate surface area is 98.1 Å². The van der Waals surface area contributed by atoms with Crippen LogP contribution in [-0.2, 0) is 6.54 Å². The summed E-state index contributed by atoms with van der Waals surface area (Å²) in [4.78, 5) is 0. The van der Waals surface area contributed by atoms with Crippen molar-refractivity contribution < 1.29 is 0 Å². The molecule has 1 aromatic rings. The standard InChI is InChI=1S/C10H14N.CH3.Mg/c1-2-8-11-9-10-6-4-3-5-7-10;;/h3-7,11H,1-2,8-9H2;1H3;/q2*-1;+2. The predicted molar refractivity (Wildman–Crippen MR) is 60.3 cm³/mol. The molecule has 68 valence electrons. The van der Waals surface area contributed by atoms with Crippen molar-refractivity contribution in [3.05, 3.63) is 50.2 Å². The van der Waals surface area contributed by atoms with Gasteiger partial charge in [0.25, 0.3) is 0 Å². The largest absolute Gasteiger partial charge is 2.00 e. The van der Waals surface area contributed by atoms with Crippen molar-refractivity contribution in [1.82, 2.24) is 5.32 Å². The van der Waals surface area contributed by atoms with Crippen molar-refractivity contribution in [3.8, 4) is 0 Å². The molecule has 1 aromatic carbocycles. The zero-order valence-electron chi connectivity index (χ0n) is 8.42. The van der Waals surface area contributed by atoms with E-state index in [-0.39, 0.29) is 30.5 Å². The molecule has 0 amide bonds. The van der Waals surface area contributed by atoms with Crippen LogP contribution in [0.5, 0.6) is 0 Å². The van der Waals surface area contributed by atoms with Crippen LogP contribution in [0.15, 0.2) is 30.3 Å². The number of benzene rings is 1. The van der Waals surface area contributed by atoms with Crippen molar-refractivity contribution >= 4 is 23.1 Å². The Kier molecular flexibility index (Phi) is 11.9. The third-order valence-corrected chi connectivity index (χ3v) is 1.53. The molecule has 0 saturated carbocycles. The van der Waals surface area contributed by atoms with Gasteiger partial charge in [0.05, 0.1) is 0 Å². The molecule has 1 rings (SSSR count). The van der Waals surface area contributed by atoms with Gasteiger partial charge in [-0.3, -0.25) is 0 Å². The molecular formula is C11H17MgN. The fourth-order valence-electron chi connectivity index (χ4n) is 0.954. The molecule has 1 N–H and O–H groups in total. The second-order valence-corrected chi connectivity index (χ2v) is 2.52. The second-order valence-electron chi connectivity index (χ2n) is 2.52. The zero-order chi connectivity index (χ0) is 7.94. The summed E-state index contributed by atoms with van der Waals surface area (Å²) in [5, 5.41) is 3.29. The van der Waals surface area contributed by atoms with Gasteiger partial charge < -0.3 is 19.7 Å². The van der Waals surface area contributed by atoms with E-state index in [0.29, 0.717) is 0 Å². The number of rotatable bonds is 4. The molecule has 0 radical (unpaired) electrons. The van der Waals surface area contributed by atoms with E-state index in [9.17, 15) is 0 Å². The number of hydrogen-bond donors (Lipinski definition) is 1. The molecule has 0 fully saturated rings. The molecule has 13 heavy (non-hydrogen) atoms. The minimum absolute atomic E-state index is 0. The molecule has 0 bridgehead atoms. The molecule has 1 nitrogen and oxygen atoms in total. The summed E-state index contributed by atoms with van der Waals surface area (Å²) in [5.74, 6) is 0. The summed E-state index contributed by atoms with van der Waals surface area (Å²) < 4.78 is 0. The van der Waals surface area contributed by atoms with Gasteiger partial charge in [0, 0.05) is 6.54 Å². The van der Waals surface area contributed by atoms with Gasteiger partial charge in [-0.15, -0.1) is 0 Å². The van der Waals surface area contributed by atoms with Crippen LogP contribution in [0.1, 0.15) is 12.0 Å². The molecular weight excluding hydrogens is 170 g/mol. The molecule has 0 saturated heterocycles. The van der Waals surface area contributed by atoms with Crippen molar-refractivity contribution in [1.29, 1.82) is 0 Å². The van der Waals surface area contributed by atoms with Gasteiger partial charge >= 0.3 is 23.1 Å². The van der Waals surface area contributed by atoms with E-state index in [4.69, 9.17) is 0 Å². The van der Waals surface area contributed by atoms with Crippen molar-refractivity contribution in [2.75, 3.05) is 6.54 Å². The fraction of sp³-hybridized carbons (Fsp3) is 0.273. The predicted octanol–water partition coefficient (Wildman–Crippen LogP) is 2.07. The Morgan fingerprint density at radius 1 is 1.15 bits per heavy atom. The van der Waals surface area contributed by atoms with E-state index in [1.807, 2.05) is 6.07 Å². The van der Waals surface area contributed by atoms with E-state index in [0.717, 1.165) is 19.5 Å². The number of nitrogens with one attached hydrogen (secondary N) is 1. The quantitative estimate of drug-likeness (QED) is 0.432. The minimum atomic E-state index is 0. The third kappa shape index (κ3) is 7.05. The minimum Gasteiger partial charge on any atom is -0.358 e. The Morgan fingerprint density at radius 2 is 1.77 bits per heavy atom. The molecule has 2 heteroatoms. The van der Waals surface area contributed by atoms with E-state index < -0.39 is 0 Å². The summed E-state index contributed by atoms with van der Waals surface area (Å²) >= 11 is 0. The Morgan fingerprint density at radius 3 is 2.31 bits per heavy atom. The summed E-state index contributed by atoms with van der Waals surface area (Å²) in [6.45, 7) is 5.70. The topological polar surface area (TPSA) is 12.0 Å². The maximum atomic E-state index is 3.75. The first kappa shape index (κ1) is 15.4. The van der Waals surface area contributed by atoms with Crippen molar-refractivity contribution in [2.45, 2.75) is 13.0 Å². The van der Waals surface area contributed by atoms with Crippen LogP contribution in [0.3, 0.4) is 0 Å². The Hall–Kier alpha value is -0.0538. The van der Waals surface area contributed by atoms with Gasteiger partial charge in [-0.1, -0.05) is 30.3 Å². The van der Waals surface area contributed by atoms with E-state index in [1.165, 1.54) is 5.56 Å². The summed E-state index contributed by atoms with van der Waals surface area (Å²) in [6.07, 6.45) is 0.951. The monoisotopic (exact) mass is 187 g/mol. The first-order chi connectivity index (χ1) is 5.43. The smallest absolute Gasteiger partial charge is 0.358 e. The molecule has 0 aliphatic rings. The molecule has 0 atom stereocenters. The fourth-order valence-corrected chi connectivity index (χ4v) is 0.954. The molecule has 0 aromatic heterocycles. The van der Waals surface area contributed by atoms with E-state index in [2.05, 4.69) is 36.5 Å². The van der Waals surface area contributed by atoms with Gasteiger partial charge in [-0.25, -0.2) is 0 Å². The normalized spacial score (nSPS) is 8.38. The molecule has 0 heterocycles. The SMILES string of the molecule is [CH2-]CCNCc1ccccc1.[CH3-].[Mg+2]. The van der Waals surface area contributed by atoms with Gasteiger partial charge in [-0.2, -0.15) is 6.42 Å². The first-order valence-corrected chi connectivity index (χ1v) is 3.97. The molecule has 0 aliphatic heterocycles. The summed E-state index contributed by atoms with van der Waals surface area (Å²) in [7, 11) is 0. The number of hydrogen-bond acceptors (Lipinski definition) is 1. The Bertz CT molecular complexity index is 187. The van der Waals surface area contributed by atoms with Crippen LogP contribution in [-0.4, -0.2) is 29.6 Å². The maximum Gasteiger partial charge on any atom is 2.00 e. The van der Waals surface area contributed by atoms with Gasteiger partial charge in [-0.05, 0) is 12.1 Å². The van der Waals surface area contributed by atoms with Crippen molar-refractivity contribution in [2.24, 2.45) is 0 Å².